The maximum absolute atomic E-state index is 13.2. The van der Waals surface area contributed by atoms with E-state index in [0.717, 1.165) is 17.7 Å². The molecule has 1 heterocycles. The number of ether oxygens (including phenoxy) is 2. The van der Waals surface area contributed by atoms with Crippen molar-refractivity contribution in [2.45, 2.75) is 60.0 Å². The van der Waals surface area contributed by atoms with Crippen molar-refractivity contribution in [1.29, 1.82) is 0 Å². The Labute approximate surface area is 197 Å². The Bertz CT molecular complexity index is 916. The van der Waals surface area contributed by atoms with E-state index in [1.165, 1.54) is 0 Å². The third-order valence-corrected chi connectivity index (χ3v) is 5.78. The summed E-state index contributed by atoms with van der Waals surface area (Å²) in [5.41, 5.74) is 1.79. The van der Waals surface area contributed by atoms with Gasteiger partial charge in [0.15, 0.2) is 5.69 Å². The zero-order valence-corrected chi connectivity index (χ0v) is 20.9. The van der Waals surface area contributed by atoms with Gasteiger partial charge < -0.3 is 20.1 Å². The minimum Gasteiger partial charge on any atom is -0.496 e. The van der Waals surface area contributed by atoms with E-state index in [1.54, 1.807) is 20.3 Å². The Balaban J connectivity index is 2.45. The number of rotatable bonds is 12. The van der Waals surface area contributed by atoms with Crippen molar-refractivity contribution in [3.05, 3.63) is 30.0 Å². The number of nitrogens with one attached hydrogen (secondary N) is 2. The Morgan fingerprint density at radius 3 is 2.24 bits per heavy atom. The number of methoxy groups -OCH3 is 2. The van der Waals surface area contributed by atoms with Gasteiger partial charge in [0.05, 0.1) is 25.5 Å². The number of carbonyl (C=O) groups excluding carboxylic acids is 2. The third-order valence-electron chi connectivity index (χ3n) is 5.78. The van der Waals surface area contributed by atoms with Crippen molar-refractivity contribution >= 4 is 11.8 Å². The van der Waals surface area contributed by atoms with Crippen LogP contribution in [-0.2, 0) is 11.3 Å². The number of hydrogen-bond acceptors (Lipinski definition) is 5. The van der Waals surface area contributed by atoms with Gasteiger partial charge in [-0.05, 0) is 37.0 Å². The summed E-state index contributed by atoms with van der Waals surface area (Å²) in [5, 5.41) is 10.4. The van der Waals surface area contributed by atoms with E-state index in [2.05, 4.69) is 29.6 Å². The first-order chi connectivity index (χ1) is 15.7. The second kappa shape index (κ2) is 12.3. The molecule has 1 aromatic heterocycles. The molecule has 0 bridgehead atoms. The number of benzene rings is 1. The summed E-state index contributed by atoms with van der Waals surface area (Å²) in [5.74, 6) is 1.34. The fourth-order valence-electron chi connectivity index (χ4n) is 3.56. The van der Waals surface area contributed by atoms with Crippen LogP contribution in [0.25, 0.3) is 11.3 Å². The Morgan fingerprint density at radius 2 is 1.73 bits per heavy atom. The van der Waals surface area contributed by atoms with E-state index in [4.69, 9.17) is 9.47 Å². The highest BCUT2D eigenvalue weighted by molar-refractivity contribution is 5.94. The smallest absolute Gasteiger partial charge is 0.272 e. The van der Waals surface area contributed by atoms with Gasteiger partial charge in [0.2, 0.25) is 5.91 Å². The molecule has 0 radical (unpaired) electrons. The first-order valence-corrected chi connectivity index (χ1v) is 11.6. The summed E-state index contributed by atoms with van der Waals surface area (Å²) >= 11 is 0. The Hall–Kier alpha value is -3.03. The molecule has 2 amide bonds. The van der Waals surface area contributed by atoms with Gasteiger partial charge in [-0.25, -0.2) is 0 Å². The van der Waals surface area contributed by atoms with Gasteiger partial charge >= 0.3 is 0 Å². The van der Waals surface area contributed by atoms with Gasteiger partial charge in [-0.15, -0.1) is 0 Å². The maximum Gasteiger partial charge on any atom is 0.272 e. The Kier molecular flexibility index (Phi) is 9.75. The molecular formula is C25H38N4O4. The van der Waals surface area contributed by atoms with Crippen molar-refractivity contribution in [3.63, 3.8) is 0 Å². The van der Waals surface area contributed by atoms with Crippen LogP contribution in [0.15, 0.2) is 24.3 Å². The summed E-state index contributed by atoms with van der Waals surface area (Å²) in [6.07, 6.45) is 1.20. The van der Waals surface area contributed by atoms with Crippen molar-refractivity contribution in [2.24, 2.45) is 11.8 Å². The number of nitrogens with zero attached hydrogens (tertiary/aromatic N) is 2. The summed E-state index contributed by atoms with van der Waals surface area (Å²) < 4.78 is 13.0. The standard InChI is InChI=1S/C25H38N4O4/c1-8-17(5)15-29-20(24-21(32-6)11-10-12-22(24)33-7)13-19(28-29)25(31)27-18(16(3)4)14-23(30)26-9-2/h10-13,16-18H,8-9,14-15H2,1-7H3,(H,26,30)(H,27,31). The fourth-order valence-corrected chi connectivity index (χ4v) is 3.56. The quantitative estimate of drug-likeness (QED) is 0.503. The molecule has 0 saturated carbocycles. The molecule has 0 aliphatic rings. The number of carbonyl (C=O) groups is 2. The Morgan fingerprint density at radius 1 is 1.09 bits per heavy atom. The second-order valence-corrected chi connectivity index (χ2v) is 8.63. The average molecular weight is 459 g/mol. The highest BCUT2D eigenvalue weighted by Gasteiger charge is 2.25. The SMILES string of the molecule is CCNC(=O)CC(NC(=O)c1cc(-c2c(OC)cccc2OC)n(CC(C)CC)n1)C(C)C. The third kappa shape index (κ3) is 6.73. The van der Waals surface area contributed by atoms with E-state index in [-0.39, 0.29) is 30.2 Å². The molecule has 33 heavy (non-hydrogen) atoms. The second-order valence-electron chi connectivity index (χ2n) is 8.63. The topological polar surface area (TPSA) is 94.5 Å². The van der Waals surface area contributed by atoms with E-state index in [0.29, 0.717) is 36.2 Å². The van der Waals surface area contributed by atoms with Crippen LogP contribution in [0.1, 0.15) is 57.9 Å². The minimum atomic E-state index is -0.309. The molecule has 2 unspecified atom stereocenters. The van der Waals surface area contributed by atoms with Crippen LogP contribution in [0.4, 0.5) is 0 Å². The minimum absolute atomic E-state index is 0.0850. The molecule has 182 valence electrons. The van der Waals surface area contributed by atoms with Crippen molar-refractivity contribution in [1.82, 2.24) is 20.4 Å². The number of hydrogen-bond donors (Lipinski definition) is 2. The van der Waals surface area contributed by atoms with Crippen LogP contribution in [0, 0.1) is 11.8 Å². The van der Waals surface area contributed by atoms with Crippen molar-refractivity contribution in [3.8, 4) is 22.8 Å². The zero-order chi connectivity index (χ0) is 24.5. The number of aromatic nitrogens is 2. The van der Waals surface area contributed by atoms with Crippen LogP contribution in [0.2, 0.25) is 0 Å². The molecule has 2 N–H and O–H groups in total. The van der Waals surface area contributed by atoms with Crippen LogP contribution in [0.3, 0.4) is 0 Å². The molecule has 0 fully saturated rings. The van der Waals surface area contributed by atoms with Crippen LogP contribution in [0.5, 0.6) is 11.5 Å². The van der Waals surface area contributed by atoms with Crippen molar-refractivity contribution in [2.75, 3.05) is 20.8 Å². The van der Waals surface area contributed by atoms with Crippen LogP contribution in [-0.4, -0.2) is 48.4 Å². The van der Waals surface area contributed by atoms with Gasteiger partial charge in [0.1, 0.15) is 11.5 Å². The predicted octanol–water partition coefficient (Wildman–Crippen LogP) is 3.89. The summed E-state index contributed by atoms with van der Waals surface area (Å²) in [7, 11) is 3.21. The van der Waals surface area contributed by atoms with Gasteiger partial charge in [-0.1, -0.05) is 40.2 Å². The van der Waals surface area contributed by atoms with E-state index in [1.807, 2.05) is 43.7 Å². The predicted molar refractivity (Wildman–Crippen MR) is 130 cm³/mol. The highest BCUT2D eigenvalue weighted by atomic mass is 16.5. The van der Waals surface area contributed by atoms with Gasteiger partial charge in [0, 0.05) is 25.6 Å². The first-order valence-electron chi connectivity index (χ1n) is 11.6. The van der Waals surface area contributed by atoms with E-state index in [9.17, 15) is 9.59 Å². The first kappa shape index (κ1) is 26.2. The molecule has 0 aliphatic carbocycles. The van der Waals surface area contributed by atoms with Gasteiger partial charge in [-0.2, -0.15) is 5.10 Å². The summed E-state index contributed by atoms with van der Waals surface area (Å²) in [6, 6.07) is 7.05. The van der Waals surface area contributed by atoms with Crippen molar-refractivity contribution < 1.29 is 19.1 Å². The molecule has 0 spiro atoms. The molecule has 8 nitrogen and oxygen atoms in total. The monoisotopic (exact) mass is 458 g/mol. The maximum atomic E-state index is 13.2. The van der Waals surface area contributed by atoms with Crippen LogP contribution < -0.4 is 20.1 Å². The molecule has 0 saturated heterocycles. The summed E-state index contributed by atoms with van der Waals surface area (Å²) in [6.45, 7) is 11.3. The lowest BCUT2D eigenvalue weighted by Crippen LogP contribution is -2.42. The normalized spacial score (nSPS) is 12.8. The number of amides is 2. The molecule has 0 aliphatic heterocycles. The highest BCUT2D eigenvalue weighted by Crippen LogP contribution is 2.39. The van der Waals surface area contributed by atoms with E-state index < -0.39 is 0 Å². The largest absolute Gasteiger partial charge is 0.496 e. The van der Waals surface area contributed by atoms with Gasteiger partial charge in [-0.3, -0.25) is 14.3 Å². The molecule has 8 heteroatoms. The van der Waals surface area contributed by atoms with Crippen LogP contribution >= 0.6 is 0 Å². The molecular weight excluding hydrogens is 420 g/mol. The van der Waals surface area contributed by atoms with Gasteiger partial charge in [0.25, 0.3) is 5.91 Å². The van der Waals surface area contributed by atoms with E-state index >= 15 is 0 Å². The molecule has 2 aromatic rings. The summed E-state index contributed by atoms with van der Waals surface area (Å²) in [4.78, 5) is 25.3. The molecule has 1 aromatic carbocycles. The fraction of sp³-hybridized carbons (Fsp3) is 0.560. The zero-order valence-electron chi connectivity index (χ0n) is 20.9. The lowest BCUT2D eigenvalue weighted by atomic mass is 10.00. The lowest BCUT2D eigenvalue weighted by molar-refractivity contribution is -0.121. The molecule has 2 rings (SSSR count). The average Bonchev–Trinajstić information content (AvgIpc) is 3.21. The molecule has 2 atom stereocenters. The lowest BCUT2D eigenvalue weighted by Gasteiger charge is -2.21.